The van der Waals surface area contributed by atoms with Gasteiger partial charge in [0.2, 0.25) is 0 Å². The molecule has 0 spiro atoms. The van der Waals surface area contributed by atoms with E-state index in [1.165, 1.54) is 0 Å². The molecule has 4 heterocycles. The van der Waals surface area contributed by atoms with E-state index < -0.39 is 0 Å². The van der Waals surface area contributed by atoms with Crippen molar-refractivity contribution < 1.29 is 19.0 Å². The molecule has 1 amide bonds. The average molecular weight is 729 g/mol. The highest BCUT2D eigenvalue weighted by molar-refractivity contribution is 6.06. The van der Waals surface area contributed by atoms with Crippen molar-refractivity contribution in [3.05, 3.63) is 170 Å². The molecule has 4 aromatic carbocycles. The van der Waals surface area contributed by atoms with E-state index in [4.69, 9.17) is 19.9 Å². The lowest BCUT2D eigenvalue weighted by molar-refractivity contribution is 0.102. The molecule has 0 aliphatic heterocycles. The second-order valence-corrected chi connectivity index (χ2v) is 12.2. The number of amides is 1. The topological polar surface area (TPSA) is 144 Å². The van der Waals surface area contributed by atoms with Crippen LogP contribution in [0.25, 0.3) is 22.5 Å². The fourth-order valence-corrected chi connectivity index (χ4v) is 5.42. The Morgan fingerprint density at radius 2 is 1.13 bits per heavy atom. The summed E-state index contributed by atoms with van der Waals surface area (Å²) in [7, 11) is 3.73. The minimum atomic E-state index is -0.281. The third kappa shape index (κ3) is 9.58. The normalized spacial score (nSPS) is 10.5. The molecular weight excluding hydrogens is 693 g/mol. The number of nitrogens with one attached hydrogen (secondary N) is 1. The molecule has 3 N–H and O–H groups in total. The molecule has 0 atom stereocenters. The van der Waals surface area contributed by atoms with Crippen LogP contribution in [0.3, 0.4) is 0 Å². The van der Waals surface area contributed by atoms with E-state index in [1.807, 2.05) is 111 Å². The highest BCUT2D eigenvalue weighted by Gasteiger charge is 2.14. The lowest BCUT2D eigenvalue weighted by atomic mass is 10.1. The number of pyridine rings is 2. The molecule has 0 fully saturated rings. The second-order valence-electron chi connectivity index (χ2n) is 12.2. The van der Waals surface area contributed by atoms with Crippen LogP contribution in [0.5, 0.6) is 34.5 Å². The zero-order chi connectivity index (χ0) is 38.0. The van der Waals surface area contributed by atoms with Crippen LogP contribution in [0, 0.1) is 0 Å². The lowest BCUT2D eigenvalue weighted by Crippen LogP contribution is -2.13. The zero-order valence-corrected chi connectivity index (χ0v) is 30.0. The number of nitrogens with zero attached hydrogens (tertiary/aromatic N) is 6. The highest BCUT2D eigenvalue weighted by atomic mass is 16.5. The van der Waals surface area contributed by atoms with Gasteiger partial charge in [0.15, 0.2) is 0 Å². The summed E-state index contributed by atoms with van der Waals surface area (Å²) in [6.07, 6.45) is 10.7. The SMILES string of the molecule is Cn1cc(-c2cc(Oc3cccc(N)c3)ccn2)cn1.Cn1cc(-c2cc(Oc3cccc(NC(=O)c4ccccc4Oc4ccccc4)c3)ccn2)cn1. The first-order valence-corrected chi connectivity index (χ1v) is 17.2. The number of benzene rings is 4. The van der Waals surface area contributed by atoms with Crippen molar-refractivity contribution in [3.63, 3.8) is 0 Å². The Hall–Kier alpha value is -7.73. The predicted octanol–water partition coefficient (Wildman–Crippen LogP) is 9.18. The van der Waals surface area contributed by atoms with Gasteiger partial charge in [-0.3, -0.25) is 24.1 Å². The van der Waals surface area contributed by atoms with Gasteiger partial charge in [-0.15, -0.1) is 0 Å². The standard InChI is InChI=1S/C28H22N4O3.C15H14N4O/c1-32-19-20(18-30-32)26-17-24(14-15-29-26)34-23-11-7-8-21(16-23)31-28(33)25-12-5-6-13-27(25)35-22-9-3-2-4-10-22;1-19-10-11(9-18-19)15-8-14(5-6-17-15)20-13-4-2-3-12(16)7-13/h2-19H,1H3,(H,31,33);2-10H,16H2,1H3. The van der Waals surface area contributed by atoms with Crippen LogP contribution in [-0.4, -0.2) is 35.4 Å². The number of hydrogen-bond acceptors (Lipinski definition) is 9. The van der Waals surface area contributed by atoms with E-state index in [9.17, 15) is 4.79 Å². The monoisotopic (exact) mass is 728 g/mol. The lowest BCUT2D eigenvalue weighted by Gasteiger charge is -2.12. The number of nitrogen functional groups attached to an aromatic ring is 1. The molecule has 12 nitrogen and oxygen atoms in total. The second kappa shape index (κ2) is 16.7. The van der Waals surface area contributed by atoms with Gasteiger partial charge in [0, 0.05) is 85.6 Å². The van der Waals surface area contributed by atoms with Crippen molar-refractivity contribution >= 4 is 17.3 Å². The Labute approximate surface area is 317 Å². The third-order valence-corrected chi connectivity index (χ3v) is 7.99. The number of nitrogens with two attached hydrogens (primary N) is 1. The quantitative estimate of drug-likeness (QED) is 0.132. The predicted molar refractivity (Wildman–Crippen MR) is 211 cm³/mol. The smallest absolute Gasteiger partial charge is 0.259 e. The summed E-state index contributed by atoms with van der Waals surface area (Å²) in [6.45, 7) is 0. The largest absolute Gasteiger partial charge is 0.457 e. The fourth-order valence-electron chi connectivity index (χ4n) is 5.42. The molecule has 0 unspecified atom stereocenters. The van der Waals surface area contributed by atoms with Gasteiger partial charge in [0.05, 0.1) is 29.3 Å². The van der Waals surface area contributed by atoms with Gasteiger partial charge in [-0.1, -0.05) is 42.5 Å². The molecule has 272 valence electrons. The van der Waals surface area contributed by atoms with Crippen LogP contribution in [0.2, 0.25) is 0 Å². The maximum absolute atomic E-state index is 13.1. The Morgan fingerprint density at radius 1 is 0.582 bits per heavy atom. The van der Waals surface area contributed by atoms with Crippen LogP contribution in [0.4, 0.5) is 11.4 Å². The summed E-state index contributed by atoms with van der Waals surface area (Å²) in [4.78, 5) is 21.8. The first-order chi connectivity index (χ1) is 26.8. The zero-order valence-electron chi connectivity index (χ0n) is 30.0. The van der Waals surface area contributed by atoms with Crippen molar-refractivity contribution in [1.29, 1.82) is 0 Å². The summed E-state index contributed by atoms with van der Waals surface area (Å²) in [6, 6.07) is 38.3. The molecule has 8 aromatic rings. The Morgan fingerprint density at radius 3 is 1.73 bits per heavy atom. The van der Waals surface area contributed by atoms with Gasteiger partial charge < -0.3 is 25.3 Å². The summed E-state index contributed by atoms with van der Waals surface area (Å²) in [5.41, 5.74) is 10.9. The molecule has 12 heteroatoms. The summed E-state index contributed by atoms with van der Waals surface area (Å²) in [5.74, 6) is 3.48. The molecule has 0 radical (unpaired) electrons. The number of rotatable bonds is 10. The molecule has 0 bridgehead atoms. The Bertz CT molecular complexity index is 2530. The van der Waals surface area contributed by atoms with Gasteiger partial charge in [0.1, 0.15) is 34.5 Å². The molecular formula is C43H36N8O4. The van der Waals surface area contributed by atoms with E-state index in [1.54, 1.807) is 76.6 Å². The van der Waals surface area contributed by atoms with E-state index in [0.717, 1.165) is 22.5 Å². The van der Waals surface area contributed by atoms with Crippen molar-refractivity contribution in [1.82, 2.24) is 29.5 Å². The van der Waals surface area contributed by atoms with Gasteiger partial charge in [0.25, 0.3) is 5.91 Å². The minimum Gasteiger partial charge on any atom is -0.457 e. The van der Waals surface area contributed by atoms with Gasteiger partial charge in [-0.05, 0) is 60.7 Å². The van der Waals surface area contributed by atoms with Crippen LogP contribution in [0.15, 0.2) is 165 Å². The van der Waals surface area contributed by atoms with Crippen LogP contribution in [0.1, 0.15) is 10.4 Å². The van der Waals surface area contributed by atoms with Crippen LogP contribution in [-0.2, 0) is 14.1 Å². The Kier molecular flexibility index (Phi) is 10.9. The number of hydrogen-bond donors (Lipinski definition) is 2. The fraction of sp³-hybridized carbons (Fsp3) is 0.0465. The maximum Gasteiger partial charge on any atom is 0.259 e. The summed E-state index contributed by atoms with van der Waals surface area (Å²) < 4.78 is 21.2. The number of carbonyl (C=O) groups excluding carboxylic acids is 1. The number of anilines is 2. The van der Waals surface area contributed by atoms with Crippen molar-refractivity contribution in [2.24, 2.45) is 14.1 Å². The molecule has 4 aromatic heterocycles. The molecule has 55 heavy (non-hydrogen) atoms. The molecule has 0 aliphatic carbocycles. The molecule has 0 aliphatic rings. The Balaban J connectivity index is 0.000000197. The number of ether oxygens (including phenoxy) is 3. The highest BCUT2D eigenvalue weighted by Crippen LogP contribution is 2.30. The van der Waals surface area contributed by atoms with E-state index in [0.29, 0.717) is 51.4 Å². The van der Waals surface area contributed by atoms with Gasteiger partial charge in [-0.25, -0.2) is 0 Å². The number of aromatic nitrogens is 6. The van der Waals surface area contributed by atoms with E-state index in [-0.39, 0.29) is 5.91 Å². The van der Waals surface area contributed by atoms with Crippen molar-refractivity contribution in [2.45, 2.75) is 0 Å². The van der Waals surface area contributed by atoms with Crippen LogP contribution >= 0.6 is 0 Å². The summed E-state index contributed by atoms with van der Waals surface area (Å²) in [5, 5.41) is 11.3. The molecule has 0 saturated carbocycles. The van der Waals surface area contributed by atoms with E-state index in [2.05, 4.69) is 25.5 Å². The minimum absolute atomic E-state index is 0.281. The number of carbonyl (C=O) groups is 1. The maximum atomic E-state index is 13.1. The molecule has 0 saturated heterocycles. The molecule has 8 rings (SSSR count). The van der Waals surface area contributed by atoms with Gasteiger partial charge >= 0.3 is 0 Å². The third-order valence-electron chi connectivity index (χ3n) is 7.99. The van der Waals surface area contributed by atoms with E-state index >= 15 is 0 Å². The first-order valence-electron chi connectivity index (χ1n) is 17.2. The average Bonchev–Trinajstić information content (AvgIpc) is 3.84. The number of para-hydroxylation sites is 2. The number of aryl methyl sites for hydroxylation is 2. The first kappa shape index (κ1) is 35.7. The summed E-state index contributed by atoms with van der Waals surface area (Å²) >= 11 is 0. The van der Waals surface area contributed by atoms with Crippen molar-refractivity contribution in [3.8, 4) is 57.0 Å². The van der Waals surface area contributed by atoms with Gasteiger partial charge in [-0.2, -0.15) is 10.2 Å². The van der Waals surface area contributed by atoms with Crippen molar-refractivity contribution in [2.75, 3.05) is 11.1 Å². The van der Waals surface area contributed by atoms with Crippen LogP contribution < -0.4 is 25.3 Å².